The lowest BCUT2D eigenvalue weighted by Crippen LogP contribution is -2.32. The second-order valence-electron chi connectivity index (χ2n) is 9.41. The second-order valence-corrected chi connectivity index (χ2v) is 14.6. The molecular weight excluding hydrogens is 513 g/mol. The van der Waals surface area contributed by atoms with Crippen molar-refractivity contribution in [2.75, 3.05) is 11.1 Å². The van der Waals surface area contributed by atoms with E-state index < -0.39 is 10.8 Å². The van der Waals surface area contributed by atoms with E-state index in [1.54, 1.807) is 24.0 Å². The van der Waals surface area contributed by atoms with Gasteiger partial charge in [-0.25, -0.2) is 4.98 Å². The molecule has 0 spiro atoms. The van der Waals surface area contributed by atoms with E-state index in [4.69, 9.17) is 0 Å². The van der Waals surface area contributed by atoms with E-state index in [0.717, 1.165) is 21.8 Å². The molecule has 1 aliphatic rings. The maximum Gasteiger partial charge on any atom is 0.275 e. The van der Waals surface area contributed by atoms with Crippen LogP contribution in [0.25, 0.3) is 11.1 Å². The molecule has 3 aromatic rings. The molecule has 3 unspecified atom stereocenters. The third kappa shape index (κ3) is 5.86. The standard InChI is InChI=1S/C25H31N4O2P3S/c1-4-35-19-11-17(16-9-7-15(8-10-16)14-5-6-14)13-26-21(19)23(31)27-18-12-20(28-29-22(18)30)25(33,34)24(2,3)32/h7-14H,4-6,32-34H2,1-3H3,(H,29,30)(H,27,28,31). The number of benzene rings is 1. The highest BCUT2D eigenvalue weighted by Gasteiger charge is 2.37. The van der Waals surface area contributed by atoms with Gasteiger partial charge in [0.1, 0.15) is 11.4 Å². The number of anilines is 1. The number of rotatable bonds is 8. The molecular formula is C25H31N4O2P3S. The molecule has 4 rings (SSSR count). The number of thioether (sulfide) groups is 1. The second kappa shape index (κ2) is 10.4. The molecule has 3 atom stereocenters. The van der Waals surface area contributed by atoms with Crippen molar-refractivity contribution in [1.29, 1.82) is 0 Å². The number of carbonyl (C=O) groups excluding carboxylic acids is 1. The molecule has 1 saturated carbocycles. The highest BCUT2D eigenvalue weighted by molar-refractivity contribution is 7.99. The van der Waals surface area contributed by atoms with E-state index in [2.05, 4.69) is 72.5 Å². The Bertz CT molecular complexity index is 1240. The number of aromatic hydroxyl groups is 1. The van der Waals surface area contributed by atoms with E-state index >= 15 is 0 Å². The fraction of sp³-hybridized carbons (Fsp3) is 0.360. The van der Waals surface area contributed by atoms with Crippen molar-refractivity contribution in [3.05, 3.63) is 59.5 Å². The van der Waals surface area contributed by atoms with Crippen LogP contribution in [0.1, 0.15) is 61.3 Å². The van der Waals surface area contributed by atoms with Crippen LogP contribution in [0, 0.1) is 0 Å². The fourth-order valence-electron chi connectivity index (χ4n) is 3.59. The van der Waals surface area contributed by atoms with Crippen LogP contribution in [-0.4, -0.2) is 37.1 Å². The van der Waals surface area contributed by atoms with Crippen molar-refractivity contribution in [3.8, 4) is 17.0 Å². The lowest BCUT2D eigenvalue weighted by atomic mass is 10.0. The van der Waals surface area contributed by atoms with Gasteiger partial charge in [-0.1, -0.05) is 45.0 Å². The largest absolute Gasteiger partial charge is 0.491 e. The first-order valence-electron chi connectivity index (χ1n) is 11.5. The number of nitrogens with zero attached hydrogens (tertiary/aromatic N) is 3. The number of pyridine rings is 1. The number of aromatic nitrogens is 3. The van der Waals surface area contributed by atoms with Crippen LogP contribution < -0.4 is 5.32 Å². The van der Waals surface area contributed by atoms with Gasteiger partial charge in [0, 0.05) is 16.7 Å². The van der Waals surface area contributed by atoms with Crippen LogP contribution in [-0.2, 0) is 4.90 Å². The summed E-state index contributed by atoms with van der Waals surface area (Å²) in [5.41, 5.74) is 4.52. The van der Waals surface area contributed by atoms with Crippen molar-refractivity contribution in [2.24, 2.45) is 0 Å². The highest BCUT2D eigenvalue weighted by Crippen LogP contribution is 2.51. The molecule has 1 aliphatic carbocycles. The Kier molecular flexibility index (Phi) is 7.84. The van der Waals surface area contributed by atoms with E-state index in [0.29, 0.717) is 17.3 Å². The van der Waals surface area contributed by atoms with Crippen LogP contribution in [0.2, 0.25) is 0 Å². The predicted octanol–water partition coefficient (Wildman–Crippen LogP) is 6.04. The van der Waals surface area contributed by atoms with Crippen LogP contribution in [0.4, 0.5) is 5.69 Å². The Morgan fingerprint density at radius 2 is 1.80 bits per heavy atom. The molecule has 2 N–H and O–H groups in total. The van der Waals surface area contributed by atoms with Gasteiger partial charge in [0.05, 0.1) is 10.6 Å². The minimum Gasteiger partial charge on any atom is -0.491 e. The molecule has 10 heteroatoms. The molecule has 0 bridgehead atoms. The average Bonchev–Trinajstić information content (AvgIpc) is 3.65. The molecule has 2 aromatic heterocycles. The van der Waals surface area contributed by atoms with E-state index in [1.807, 2.05) is 26.8 Å². The highest BCUT2D eigenvalue weighted by atomic mass is 32.2. The normalized spacial score (nSPS) is 14.1. The van der Waals surface area contributed by atoms with Crippen molar-refractivity contribution in [2.45, 2.75) is 54.5 Å². The Morgan fingerprint density at radius 3 is 2.40 bits per heavy atom. The summed E-state index contributed by atoms with van der Waals surface area (Å²) >= 11 is 1.56. The van der Waals surface area contributed by atoms with E-state index in [1.165, 1.54) is 18.4 Å². The first-order chi connectivity index (χ1) is 16.5. The van der Waals surface area contributed by atoms with Crippen LogP contribution >= 0.6 is 39.5 Å². The summed E-state index contributed by atoms with van der Waals surface area (Å²) in [5, 5.41) is 20.8. The number of nitrogens with one attached hydrogen (secondary N) is 1. The number of hydrogen-bond acceptors (Lipinski definition) is 6. The van der Waals surface area contributed by atoms with Gasteiger partial charge in [0.15, 0.2) is 0 Å². The van der Waals surface area contributed by atoms with Gasteiger partial charge in [-0.3, -0.25) is 4.79 Å². The summed E-state index contributed by atoms with van der Waals surface area (Å²) in [4.78, 5) is 18.0. The molecule has 184 valence electrons. The van der Waals surface area contributed by atoms with Gasteiger partial charge >= 0.3 is 0 Å². The van der Waals surface area contributed by atoms with Crippen molar-refractivity contribution < 1.29 is 9.90 Å². The lowest BCUT2D eigenvalue weighted by molar-refractivity contribution is 0.101. The van der Waals surface area contributed by atoms with Crippen LogP contribution in [0.5, 0.6) is 5.88 Å². The molecule has 35 heavy (non-hydrogen) atoms. The summed E-state index contributed by atoms with van der Waals surface area (Å²) in [6.07, 6.45) is 4.27. The van der Waals surface area contributed by atoms with Gasteiger partial charge in [-0.15, -0.1) is 44.6 Å². The smallest absolute Gasteiger partial charge is 0.275 e. The molecule has 0 radical (unpaired) electrons. The molecule has 0 saturated heterocycles. The first-order valence-corrected chi connectivity index (χ1v) is 14.2. The summed E-state index contributed by atoms with van der Waals surface area (Å²) in [6.45, 7) is 6.13. The molecule has 1 fully saturated rings. The number of hydrogen-bond donors (Lipinski definition) is 2. The van der Waals surface area contributed by atoms with Crippen LogP contribution in [0.15, 0.2) is 47.5 Å². The van der Waals surface area contributed by atoms with Gasteiger partial charge in [-0.2, -0.15) is 5.10 Å². The minimum absolute atomic E-state index is 0.192. The third-order valence-corrected chi connectivity index (χ3v) is 10.3. The van der Waals surface area contributed by atoms with Crippen molar-refractivity contribution >= 4 is 51.1 Å². The van der Waals surface area contributed by atoms with E-state index in [9.17, 15) is 9.90 Å². The molecule has 1 aromatic carbocycles. The SMILES string of the molecule is CCSc1cc(-c2ccc(C3CC3)cc2)cnc1C(=O)Nc1cc(C(P)(P)C(C)(C)P)nnc1O. The molecule has 0 aliphatic heterocycles. The monoisotopic (exact) mass is 544 g/mol. The van der Waals surface area contributed by atoms with Crippen LogP contribution in [0.3, 0.4) is 0 Å². The maximum absolute atomic E-state index is 13.2. The minimum atomic E-state index is -0.532. The zero-order valence-electron chi connectivity index (χ0n) is 20.1. The Morgan fingerprint density at radius 1 is 1.11 bits per heavy atom. The Hall–Kier alpha value is -1.64. The average molecular weight is 545 g/mol. The molecule has 1 amide bonds. The quantitative estimate of drug-likeness (QED) is 0.266. The Labute approximate surface area is 217 Å². The maximum atomic E-state index is 13.2. The van der Waals surface area contributed by atoms with Crippen molar-refractivity contribution in [1.82, 2.24) is 15.2 Å². The van der Waals surface area contributed by atoms with Gasteiger partial charge in [0.2, 0.25) is 0 Å². The predicted molar refractivity (Wildman–Crippen MR) is 155 cm³/mol. The summed E-state index contributed by atoms with van der Waals surface area (Å²) in [6, 6.07) is 12.3. The topological polar surface area (TPSA) is 88.0 Å². The summed E-state index contributed by atoms with van der Waals surface area (Å²) in [7, 11) is 8.31. The zero-order valence-corrected chi connectivity index (χ0v) is 24.4. The third-order valence-electron chi connectivity index (χ3n) is 6.17. The van der Waals surface area contributed by atoms with Gasteiger partial charge < -0.3 is 10.4 Å². The lowest BCUT2D eigenvalue weighted by Gasteiger charge is -2.37. The number of carbonyl (C=O) groups is 1. The first kappa shape index (κ1) is 26.4. The van der Waals surface area contributed by atoms with E-state index in [-0.39, 0.29) is 16.7 Å². The van der Waals surface area contributed by atoms with Gasteiger partial charge in [-0.05, 0) is 52.9 Å². The Balaban J connectivity index is 1.61. The van der Waals surface area contributed by atoms with Gasteiger partial charge in [0.25, 0.3) is 11.8 Å². The number of amides is 1. The zero-order chi connectivity index (χ0) is 25.4. The van der Waals surface area contributed by atoms with Crippen molar-refractivity contribution in [3.63, 3.8) is 0 Å². The molecule has 2 heterocycles. The summed E-state index contributed by atoms with van der Waals surface area (Å²) < 4.78 is 0. The summed E-state index contributed by atoms with van der Waals surface area (Å²) in [5.74, 6) is 0.758. The molecule has 6 nitrogen and oxygen atoms in total. The fourth-order valence-corrected chi connectivity index (χ4v) is 4.83.